The Kier molecular flexibility index (Phi) is 4.79. The number of ketones is 1. The molecule has 0 bridgehead atoms. The van der Waals surface area contributed by atoms with Gasteiger partial charge in [0.2, 0.25) is 5.78 Å². The van der Waals surface area contributed by atoms with Gasteiger partial charge in [-0.2, -0.15) is 0 Å². The minimum atomic E-state index is -0.650. The Hall–Kier alpha value is -3.25. The van der Waals surface area contributed by atoms with Crippen LogP contribution < -0.4 is 0 Å². The Morgan fingerprint density at radius 3 is 2.61 bits per heavy atom. The lowest BCUT2D eigenvalue weighted by molar-refractivity contribution is -0.130. The topological polar surface area (TPSA) is 70.5 Å². The molecule has 3 aromatic rings. The quantitative estimate of drug-likeness (QED) is 0.662. The van der Waals surface area contributed by atoms with Gasteiger partial charge in [0, 0.05) is 18.9 Å². The van der Waals surface area contributed by atoms with Gasteiger partial charge in [-0.3, -0.25) is 14.6 Å². The number of carbonyl (C=O) groups excluding carboxylic acids is 2. The molecule has 0 saturated heterocycles. The number of thiophene rings is 1. The van der Waals surface area contributed by atoms with E-state index in [1.54, 1.807) is 36.0 Å². The molecule has 0 spiro atoms. The second-order valence-electron chi connectivity index (χ2n) is 6.68. The number of rotatable bonds is 5. The minimum absolute atomic E-state index is 0.125. The smallest absolute Gasteiger partial charge is 0.290 e. The van der Waals surface area contributed by atoms with Crippen LogP contribution in [-0.4, -0.2) is 26.7 Å². The summed E-state index contributed by atoms with van der Waals surface area (Å²) < 4.78 is 0. The molecule has 6 heteroatoms. The molecular weight excluding hydrogens is 372 g/mol. The van der Waals surface area contributed by atoms with Gasteiger partial charge in [-0.25, -0.2) is 0 Å². The Morgan fingerprint density at radius 2 is 1.96 bits per heavy atom. The first-order valence-electron chi connectivity index (χ1n) is 8.84. The number of hydrogen-bond acceptors (Lipinski definition) is 5. The summed E-state index contributed by atoms with van der Waals surface area (Å²) in [6.07, 6.45) is 3.34. The Bertz CT molecular complexity index is 1040. The summed E-state index contributed by atoms with van der Waals surface area (Å²) in [4.78, 5) is 32.1. The van der Waals surface area contributed by atoms with Crippen molar-refractivity contribution in [1.29, 1.82) is 0 Å². The van der Waals surface area contributed by atoms with E-state index in [4.69, 9.17) is 0 Å². The van der Waals surface area contributed by atoms with E-state index in [1.165, 1.54) is 16.2 Å². The van der Waals surface area contributed by atoms with Crippen molar-refractivity contribution < 1.29 is 14.7 Å². The molecule has 28 heavy (non-hydrogen) atoms. The van der Waals surface area contributed by atoms with Crippen LogP contribution in [0.1, 0.15) is 32.4 Å². The van der Waals surface area contributed by atoms with Gasteiger partial charge in [0.05, 0.1) is 16.5 Å². The van der Waals surface area contributed by atoms with Gasteiger partial charge in [-0.1, -0.05) is 42.0 Å². The minimum Gasteiger partial charge on any atom is -0.503 e. The number of aromatic nitrogens is 1. The third-order valence-electron chi connectivity index (χ3n) is 4.76. The Balaban J connectivity index is 1.79. The van der Waals surface area contributed by atoms with Crippen molar-refractivity contribution in [2.75, 3.05) is 0 Å². The number of aliphatic hydroxyl groups is 1. The summed E-state index contributed by atoms with van der Waals surface area (Å²) in [5.74, 6) is -1.35. The molecule has 2 aromatic heterocycles. The predicted octanol–water partition coefficient (Wildman–Crippen LogP) is 4.23. The summed E-state index contributed by atoms with van der Waals surface area (Å²) >= 11 is 1.29. The number of benzene rings is 1. The van der Waals surface area contributed by atoms with Crippen LogP contribution in [0.15, 0.2) is 77.6 Å². The zero-order valence-corrected chi connectivity index (χ0v) is 16.0. The number of Topliss-reactive ketones (excluding diaryl/α,β-unsaturated/α-hetero) is 1. The Morgan fingerprint density at radius 1 is 1.18 bits per heavy atom. The summed E-state index contributed by atoms with van der Waals surface area (Å²) in [7, 11) is 0. The highest BCUT2D eigenvalue weighted by atomic mass is 32.1. The van der Waals surface area contributed by atoms with E-state index >= 15 is 0 Å². The number of amides is 1. The summed E-state index contributed by atoms with van der Waals surface area (Å²) in [6, 6.07) is 14.1. The molecule has 0 aliphatic carbocycles. The van der Waals surface area contributed by atoms with Crippen LogP contribution in [0.4, 0.5) is 0 Å². The van der Waals surface area contributed by atoms with Crippen molar-refractivity contribution in [1.82, 2.24) is 9.88 Å². The predicted molar refractivity (Wildman–Crippen MR) is 107 cm³/mol. The molecule has 140 valence electrons. The van der Waals surface area contributed by atoms with Crippen LogP contribution in [-0.2, 0) is 11.3 Å². The van der Waals surface area contributed by atoms with Crippen molar-refractivity contribution in [3.05, 3.63) is 99.2 Å². The van der Waals surface area contributed by atoms with Crippen LogP contribution in [0.5, 0.6) is 0 Å². The number of carbonyl (C=O) groups is 2. The molecule has 1 amide bonds. The fourth-order valence-electron chi connectivity index (χ4n) is 3.37. The third-order valence-corrected chi connectivity index (χ3v) is 5.63. The Labute approximate surface area is 166 Å². The SMILES string of the molecule is Cc1ccc([C@H]2C(C(=O)c3cccs3)=C(O)C(=O)N2Cc2cccnc2)cc1. The number of pyridine rings is 1. The summed E-state index contributed by atoms with van der Waals surface area (Å²) in [5, 5.41) is 12.4. The zero-order valence-electron chi connectivity index (χ0n) is 15.2. The van der Waals surface area contributed by atoms with Gasteiger partial charge in [0.25, 0.3) is 5.91 Å². The highest BCUT2D eigenvalue weighted by molar-refractivity contribution is 7.12. The fourth-order valence-corrected chi connectivity index (χ4v) is 4.05. The van der Waals surface area contributed by atoms with Crippen molar-refractivity contribution in [2.24, 2.45) is 0 Å². The number of hydrogen-bond donors (Lipinski definition) is 1. The van der Waals surface area contributed by atoms with Gasteiger partial charge in [0.1, 0.15) is 0 Å². The van der Waals surface area contributed by atoms with Crippen molar-refractivity contribution in [3.8, 4) is 0 Å². The van der Waals surface area contributed by atoms with E-state index in [0.717, 1.165) is 16.7 Å². The molecule has 1 aliphatic rings. The lowest BCUT2D eigenvalue weighted by Gasteiger charge is -2.27. The molecule has 0 fully saturated rings. The number of aliphatic hydroxyl groups excluding tert-OH is 1. The molecule has 1 aromatic carbocycles. The van der Waals surface area contributed by atoms with Crippen LogP contribution in [0.3, 0.4) is 0 Å². The first-order chi connectivity index (χ1) is 13.6. The van der Waals surface area contributed by atoms with Gasteiger partial charge in [-0.15, -0.1) is 11.3 Å². The average Bonchev–Trinajstić information content (AvgIpc) is 3.33. The molecule has 4 rings (SSSR count). The highest BCUT2D eigenvalue weighted by Crippen LogP contribution is 2.40. The second kappa shape index (κ2) is 7.40. The highest BCUT2D eigenvalue weighted by Gasteiger charge is 2.43. The molecule has 1 atom stereocenters. The molecule has 5 nitrogen and oxygen atoms in total. The number of nitrogens with zero attached hydrogens (tertiary/aromatic N) is 2. The average molecular weight is 390 g/mol. The van der Waals surface area contributed by atoms with Gasteiger partial charge in [-0.05, 0) is 35.6 Å². The molecule has 0 saturated carbocycles. The first-order valence-corrected chi connectivity index (χ1v) is 9.72. The van der Waals surface area contributed by atoms with E-state index in [-0.39, 0.29) is 17.9 Å². The molecule has 1 N–H and O–H groups in total. The van der Waals surface area contributed by atoms with Crippen molar-refractivity contribution >= 4 is 23.0 Å². The zero-order chi connectivity index (χ0) is 19.7. The molecule has 0 radical (unpaired) electrons. The standard InChI is InChI=1S/C22H18N2O3S/c1-14-6-8-16(9-7-14)19-18(20(25)17-5-3-11-28-17)21(26)22(27)24(19)13-15-4-2-10-23-12-15/h2-12,19,26H,13H2,1H3/t19-/m0/s1. The first kappa shape index (κ1) is 18.1. The molecule has 1 aliphatic heterocycles. The normalized spacial score (nSPS) is 16.7. The summed E-state index contributed by atoms with van der Waals surface area (Å²) in [6.45, 7) is 2.22. The number of aryl methyl sites for hydroxylation is 1. The van der Waals surface area contributed by atoms with Crippen LogP contribution in [0.2, 0.25) is 0 Å². The maximum absolute atomic E-state index is 13.1. The van der Waals surface area contributed by atoms with E-state index in [2.05, 4.69) is 4.98 Å². The van der Waals surface area contributed by atoms with E-state index < -0.39 is 17.7 Å². The van der Waals surface area contributed by atoms with Gasteiger partial charge < -0.3 is 10.0 Å². The van der Waals surface area contributed by atoms with E-state index in [9.17, 15) is 14.7 Å². The van der Waals surface area contributed by atoms with Crippen molar-refractivity contribution in [3.63, 3.8) is 0 Å². The molecule has 3 heterocycles. The molecule has 0 unspecified atom stereocenters. The van der Waals surface area contributed by atoms with Gasteiger partial charge >= 0.3 is 0 Å². The van der Waals surface area contributed by atoms with Crippen LogP contribution in [0, 0.1) is 6.92 Å². The fraction of sp³-hybridized carbons (Fsp3) is 0.136. The maximum atomic E-state index is 13.1. The van der Waals surface area contributed by atoms with Gasteiger partial charge in [0.15, 0.2) is 5.76 Å². The summed E-state index contributed by atoms with van der Waals surface area (Å²) in [5.41, 5.74) is 2.81. The third kappa shape index (κ3) is 3.23. The van der Waals surface area contributed by atoms with Crippen LogP contribution >= 0.6 is 11.3 Å². The monoisotopic (exact) mass is 390 g/mol. The van der Waals surface area contributed by atoms with E-state index in [0.29, 0.717) is 4.88 Å². The maximum Gasteiger partial charge on any atom is 0.290 e. The lowest BCUT2D eigenvalue weighted by Crippen LogP contribution is -2.30. The largest absolute Gasteiger partial charge is 0.503 e. The van der Waals surface area contributed by atoms with Crippen LogP contribution in [0.25, 0.3) is 0 Å². The van der Waals surface area contributed by atoms with E-state index in [1.807, 2.05) is 37.3 Å². The second-order valence-corrected chi connectivity index (χ2v) is 7.62. The van der Waals surface area contributed by atoms with Crippen molar-refractivity contribution in [2.45, 2.75) is 19.5 Å². The lowest BCUT2D eigenvalue weighted by atomic mass is 9.94. The molecular formula is C22H18N2O3S.